The van der Waals surface area contributed by atoms with E-state index in [9.17, 15) is 4.79 Å². The van der Waals surface area contributed by atoms with Crippen molar-refractivity contribution in [3.63, 3.8) is 0 Å². The van der Waals surface area contributed by atoms with E-state index < -0.39 is 0 Å². The summed E-state index contributed by atoms with van der Waals surface area (Å²) in [6.07, 6.45) is 0. The average molecular weight is 179 g/mol. The minimum atomic E-state index is 0.151. The van der Waals surface area contributed by atoms with Gasteiger partial charge >= 0.3 is 0 Å². The minimum absolute atomic E-state index is 0.151. The molecule has 0 unspecified atom stereocenters. The highest BCUT2D eigenvalue weighted by Crippen LogP contribution is 2.24. The van der Waals surface area contributed by atoms with Crippen molar-refractivity contribution in [2.45, 2.75) is 40.5 Å². The van der Waals surface area contributed by atoms with E-state index in [4.69, 9.17) is 0 Å². The van der Waals surface area contributed by atoms with E-state index in [1.807, 2.05) is 13.8 Å². The lowest BCUT2D eigenvalue weighted by Gasteiger charge is -2.03. The number of nitrogens with one attached hydrogen (secondary N) is 1. The molecule has 0 saturated carbocycles. The van der Waals surface area contributed by atoms with Gasteiger partial charge in [0.25, 0.3) is 0 Å². The van der Waals surface area contributed by atoms with Gasteiger partial charge in [-0.05, 0) is 32.3 Å². The summed E-state index contributed by atoms with van der Waals surface area (Å²) in [6, 6.07) is 0. The summed E-state index contributed by atoms with van der Waals surface area (Å²) in [5.74, 6) is 0.602. The third-order valence-corrected chi connectivity index (χ3v) is 2.41. The molecule has 72 valence electrons. The fourth-order valence-electron chi connectivity index (χ4n) is 1.88. The number of H-pyrrole nitrogens is 1. The second-order valence-electron chi connectivity index (χ2n) is 3.87. The van der Waals surface area contributed by atoms with Crippen LogP contribution in [0.3, 0.4) is 0 Å². The number of hydrogen-bond acceptors (Lipinski definition) is 1. The summed E-state index contributed by atoms with van der Waals surface area (Å²) in [5, 5.41) is 0. The molecule has 1 heterocycles. The zero-order chi connectivity index (χ0) is 10.2. The molecule has 0 aliphatic heterocycles. The van der Waals surface area contributed by atoms with Crippen LogP contribution in [0.2, 0.25) is 0 Å². The molecule has 0 aliphatic rings. The van der Waals surface area contributed by atoms with Crippen LogP contribution in [0.15, 0.2) is 0 Å². The van der Waals surface area contributed by atoms with Gasteiger partial charge in [0, 0.05) is 17.0 Å². The molecule has 0 aliphatic carbocycles. The van der Waals surface area contributed by atoms with Gasteiger partial charge in [0.2, 0.25) is 0 Å². The fourth-order valence-corrected chi connectivity index (χ4v) is 1.88. The van der Waals surface area contributed by atoms with Gasteiger partial charge in [0.05, 0.1) is 0 Å². The van der Waals surface area contributed by atoms with Crippen molar-refractivity contribution in [1.82, 2.24) is 4.98 Å². The smallest absolute Gasteiger partial charge is 0.161 e. The van der Waals surface area contributed by atoms with Crippen molar-refractivity contribution < 1.29 is 4.79 Å². The van der Waals surface area contributed by atoms with Gasteiger partial charge in [0.15, 0.2) is 5.78 Å². The first-order valence-electron chi connectivity index (χ1n) is 4.65. The van der Waals surface area contributed by atoms with E-state index in [-0.39, 0.29) is 5.78 Å². The predicted molar refractivity (Wildman–Crippen MR) is 54.4 cm³/mol. The minimum Gasteiger partial charge on any atom is -0.361 e. The van der Waals surface area contributed by atoms with E-state index in [0.717, 1.165) is 16.8 Å². The molecular weight excluding hydrogens is 162 g/mol. The Hall–Kier alpha value is -1.05. The molecule has 1 N–H and O–H groups in total. The number of rotatable bonds is 2. The first-order valence-corrected chi connectivity index (χ1v) is 4.65. The second-order valence-corrected chi connectivity index (χ2v) is 3.87. The summed E-state index contributed by atoms with van der Waals surface area (Å²) in [4.78, 5) is 14.6. The third-order valence-electron chi connectivity index (χ3n) is 2.41. The van der Waals surface area contributed by atoms with Gasteiger partial charge in [-0.2, -0.15) is 0 Å². The Kier molecular flexibility index (Phi) is 2.60. The van der Waals surface area contributed by atoms with Gasteiger partial charge < -0.3 is 4.98 Å². The molecule has 1 rings (SSSR count). The molecule has 0 saturated heterocycles. The monoisotopic (exact) mass is 179 g/mol. The Balaban J connectivity index is 3.30. The van der Waals surface area contributed by atoms with Crippen LogP contribution in [0.1, 0.15) is 54.0 Å². The number of hydrogen-bond donors (Lipinski definition) is 1. The largest absolute Gasteiger partial charge is 0.361 e. The van der Waals surface area contributed by atoms with Crippen LogP contribution in [-0.4, -0.2) is 10.8 Å². The lowest BCUT2D eigenvalue weighted by molar-refractivity contribution is 0.101. The Morgan fingerprint density at radius 1 is 1.31 bits per heavy atom. The number of Topliss-reactive ketones (excluding diaryl/α,β-unsaturated/α-hetero) is 1. The van der Waals surface area contributed by atoms with Crippen LogP contribution in [0, 0.1) is 13.8 Å². The van der Waals surface area contributed by atoms with Crippen molar-refractivity contribution in [2.24, 2.45) is 0 Å². The molecule has 0 amide bonds. The molecule has 0 radical (unpaired) electrons. The van der Waals surface area contributed by atoms with Crippen molar-refractivity contribution in [1.29, 1.82) is 0 Å². The molecule has 1 aromatic rings. The highest BCUT2D eigenvalue weighted by atomic mass is 16.1. The van der Waals surface area contributed by atoms with Crippen LogP contribution in [0.25, 0.3) is 0 Å². The first kappa shape index (κ1) is 10.0. The van der Waals surface area contributed by atoms with E-state index in [1.165, 1.54) is 5.69 Å². The van der Waals surface area contributed by atoms with Crippen LogP contribution in [0.4, 0.5) is 0 Å². The molecule has 2 heteroatoms. The number of aromatic nitrogens is 1. The molecule has 0 atom stereocenters. The van der Waals surface area contributed by atoms with E-state index in [1.54, 1.807) is 6.92 Å². The molecule has 1 aromatic heterocycles. The molecule has 13 heavy (non-hydrogen) atoms. The highest BCUT2D eigenvalue weighted by molar-refractivity contribution is 5.97. The molecule has 2 nitrogen and oxygen atoms in total. The van der Waals surface area contributed by atoms with Gasteiger partial charge in [-0.25, -0.2) is 0 Å². The fraction of sp³-hybridized carbons (Fsp3) is 0.545. The SMILES string of the molecule is CC(=O)c1c(C)[nH]c(C(C)C)c1C. The van der Waals surface area contributed by atoms with E-state index in [2.05, 4.69) is 18.8 Å². The van der Waals surface area contributed by atoms with E-state index in [0.29, 0.717) is 5.92 Å². The summed E-state index contributed by atoms with van der Waals surface area (Å²) in [5.41, 5.74) is 4.15. The van der Waals surface area contributed by atoms with Gasteiger partial charge in [-0.15, -0.1) is 0 Å². The Morgan fingerprint density at radius 3 is 2.08 bits per heavy atom. The normalized spacial score (nSPS) is 10.9. The number of carbonyl (C=O) groups excluding carboxylic acids is 1. The maximum atomic E-state index is 11.3. The van der Waals surface area contributed by atoms with Crippen LogP contribution in [0.5, 0.6) is 0 Å². The number of ketones is 1. The maximum Gasteiger partial charge on any atom is 0.161 e. The van der Waals surface area contributed by atoms with Crippen LogP contribution < -0.4 is 0 Å². The lowest BCUT2D eigenvalue weighted by atomic mass is 10.0. The van der Waals surface area contributed by atoms with Crippen molar-refractivity contribution >= 4 is 5.78 Å². The topological polar surface area (TPSA) is 32.9 Å². The van der Waals surface area contributed by atoms with Crippen molar-refractivity contribution in [3.8, 4) is 0 Å². The highest BCUT2D eigenvalue weighted by Gasteiger charge is 2.16. The predicted octanol–water partition coefficient (Wildman–Crippen LogP) is 2.96. The Morgan fingerprint density at radius 2 is 1.85 bits per heavy atom. The van der Waals surface area contributed by atoms with Crippen LogP contribution >= 0.6 is 0 Å². The standard InChI is InChI=1S/C11H17NO/c1-6(2)11-7(3)10(9(5)13)8(4)12-11/h6,12H,1-5H3. The zero-order valence-electron chi connectivity index (χ0n) is 8.99. The summed E-state index contributed by atoms with van der Waals surface area (Å²) in [6.45, 7) is 9.84. The molecule has 0 aromatic carbocycles. The molecular formula is C11H17NO. The third kappa shape index (κ3) is 1.67. The molecule has 0 bridgehead atoms. The maximum absolute atomic E-state index is 11.3. The zero-order valence-corrected chi connectivity index (χ0v) is 8.99. The number of carbonyl (C=O) groups is 1. The van der Waals surface area contributed by atoms with Gasteiger partial charge in [-0.3, -0.25) is 4.79 Å². The molecule has 0 spiro atoms. The summed E-state index contributed by atoms with van der Waals surface area (Å²) >= 11 is 0. The second kappa shape index (κ2) is 3.36. The van der Waals surface area contributed by atoms with E-state index >= 15 is 0 Å². The summed E-state index contributed by atoms with van der Waals surface area (Å²) < 4.78 is 0. The van der Waals surface area contributed by atoms with Gasteiger partial charge in [0.1, 0.15) is 0 Å². The van der Waals surface area contributed by atoms with Crippen LogP contribution in [-0.2, 0) is 0 Å². The number of aromatic amines is 1. The van der Waals surface area contributed by atoms with Gasteiger partial charge in [-0.1, -0.05) is 13.8 Å². The molecule has 0 fully saturated rings. The lowest BCUT2D eigenvalue weighted by Crippen LogP contribution is -1.96. The van der Waals surface area contributed by atoms with Crippen molar-refractivity contribution in [2.75, 3.05) is 0 Å². The average Bonchev–Trinajstić information content (AvgIpc) is 2.26. The van der Waals surface area contributed by atoms with Crippen molar-refractivity contribution in [3.05, 3.63) is 22.5 Å². The first-order chi connectivity index (χ1) is 5.95. The Bertz CT molecular complexity index is 334. The summed E-state index contributed by atoms with van der Waals surface area (Å²) in [7, 11) is 0. The Labute approximate surface area is 79.4 Å². The quantitative estimate of drug-likeness (QED) is 0.695. The number of aryl methyl sites for hydroxylation is 1.